The van der Waals surface area contributed by atoms with E-state index >= 15 is 0 Å². The van der Waals surface area contributed by atoms with Gasteiger partial charge in [0.1, 0.15) is 11.9 Å². The Bertz CT molecular complexity index is 684. The van der Waals surface area contributed by atoms with Crippen LogP contribution in [0, 0.1) is 11.7 Å². The fraction of sp³-hybridized carbons (Fsp3) is 0.263. The summed E-state index contributed by atoms with van der Waals surface area (Å²) in [6, 6.07) is 14.0. The third-order valence-corrected chi connectivity index (χ3v) is 3.65. The summed E-state index contributed by atoms with van der Waals surface area (Å²) in [6.45, 7) is 4.02. The molecule has 0 heterocycles. The van der Waals surface area contributed by atoms with Crippen LogP contribution < -0.4 is 10.6 Å². The highest BCUT2D eigenvalue weighted by molar-refractivity contribution is 5.97. The number of rotatable bonds is 6. The molecule has 4 nitrogen and oxygen atoms in total. The number of hydrogen-bond acceptors (Lipinski definition) is 2. The van der Waals surface area contributed by atoms with Gasteiger partial charge in [0.2, 0.25) is 5.91 Å². The largest absolute Gasteiger partial charge is 0.350 e. The Hall–Kier alpha value is -2.69. The van der Waals surface area contributed by atoms with Crippen molar-refractivity contribution in [2.45, 2.75) is 26.4 Å². The summed E-state index contributed by atoms with van der Waals surface area (Å²) < 4.78 is 12.9. The normalized spacial score (nSPS) is 11.8. The smallest absolute Gasteiger partial charge is 0.251 e. The first-order valence-electron chi connectivity index (χ1n) is 7.85. The molecule has 0 spiro atoms. The van der Waals surface area contributed by atoms with Gasteiger partial charge in [0.25, 0.3) is 5.91 Å². The van der Waals surface area contributed by atoms with Crippen molar-refractivity contribution in [3.63, 3.8) is 0 Å². The van der Waals surface area contributed by atoms with Gasteiger partial charge < -0.3 is 10.6 Å². The van der Waals surface area contributed by atoms with E-state index < -0.39 is 6.04 Å². The first-order valence-corrected chi connectivity index (χ1v) is 7.85. The third kappa shape index (κ3) is 4.91. The lowest BCUT2D eigenvalue weighted by Gasteiger charge is -2.21. The number of halogens is 1. The predicted molar refractivity (Wildman–Crippen MR) is 90.8 cm³/mol. The van der Waals surface area contributed by atoms with E-state index in [0.717, 1.165) is 5.56 Å². The summed E-state index contributed by atoms with van der Waals surface area (Å²) in [5.74, 6) is -0.934. The lowest BCUT2D eigenvalue weighted by Crippen LogP contribution is -2.49. The number of hydrogen-bond donors (Lipinski definition) is 2. The van der Waals surface area contributed by atoms with Gasteiger partial charge in [-0.15, -0.1) is 0 Å². The minimum atomic E-state index is -0.641. The Kier molecular flexibility index (Phi) is 6.07. The van der Waals surface area contributed by atoms with E-state index in [-0.39, 0.29) is 30.1 Å². The summed E-state index contributed by atoms with van der Waals surface area (Å²) in [7, 11) is 0. The second kappa shape index (κ2) is 8.24. The minimum Gasteiger partial charge on any atom is -0.350 e. The molecule has 5 heteroatoms. The van der Waals surface area contributed by atoms with E-state index in [4.69, 9.17) is 0 Å². The van der Waals surface area contributed by atoms with Crippen molar-refractivity contribution in [2.24, 2.45) is 5.92 Å². The van der Waals surface area contributed by atoms with E-state index in [1.54, 1.807) is 36.4 Å². The Balaban J connectivity index is 1.97. The van der Waals surface area contributed by atoms with Crippen LogP contribution in [0.5, 0.6) is 0 Å². The quantitative estimate of drug-likeness (QED) is 0.856. The van der Waals surface area contributed by atoms with E-state index in [9.17, 15) is 14.0 Å². The highest BCUT2D eigenvalue weighted by Crippen LogP contribution is 2.07. The van der Waals surface area contributed by atoms with Crippen LogP contribution in [0.25, 0.3) is 0 Å². The average Bonchev–Trinajstić information content (AvgIpc) is 2.59. The van der Waals surface area contributed by atoms with Crippen LogP contribution in [0.1, 0.15) is 29.8 Å². The maximum atomic E-state index is 12.9. The molecule has 0 aliphatic carbocycles. The van der Waals surface area contributed by atoms with Crippen LogP contribution in [0.15, 0.2) is 54.6 Å². The molecule has 0 bridgehead atoms. The molecule has 0 unspecified atom stereocenters. The molecule has 0 radical (unpaired) electrons. The fourth-order valence-corrected chi connectivity index (χ4v) is 2.25. The van der Waals surface area contributed by atoms with Gasteiger partial charge in [-0.3, -0.25) is 9.59 Å². The van der Waals surface area contributed by atoms with Crippen molar-refractivity contribution in [1.82, 2.24) is 10.6 Å². The van der Waals surface area contributed by atoms with E-state index in [1.165, 1.54) is 12.1 Å². The fourth-order valence-electron chi connectivity index (χ4n) is 2.25. The van der Waals surface area contributed by atoms with E-state index in [0.29, 0.717) is 5.56 Å². The molecule has 2 N–H and O–H groups in total. The third-order valence-electron chi connectivity index (χ3n) is 3.65. The zero-order valence-electron chi connectivity index (χ0n) is 13.8. The van der Waals surface area contributed by atoms with Crippen LogP contribution >= 0.6 is 0 Å². The second-order valence-electron chi connectivity index (χ2n) is 5.91. The molecular weight excluding hydrogens is 307 g/mol. The molecule has 0 saturated heterocycles. The lowest BCUT2D eigenvalue weighted by molar-refractivity contribution is -0.124. The topological polar surface area (TPSA) is 58.2 Å². The number of carbonyl (C=O) groups excluding carboxylic acids is 2. The summed E-state index contributed by atoms with van der Waals surface area (Å²) in [5, 5.41) is 5.55. The maximum absolute atomic E-state index is 12.9. The summed E-state index contributed by atoms with van der Waals surface area (Å²) in [6.07, 6.45) is 0. The molecule has 2 aromatic rings. The Morgan fingerprint density at radius 3 is 2.21 bits per heavy atom. The molecular formula is C19H21FN2O2. The van der Waals surface area contributed by atoms with Crippen molar-refractivity contribution < 1.29 is 14.0 Å². The zero-order chi connectivity index (χ0) is 17.5. The second-order valence-corrected chi connectivity index (χ2v) is 5.91. The molecule has 24 heavy (non-hydrogen) atoms. The van der Waals surface area contributed by atoms with Crippen LogP contribution in [0.4, 0.5) is 4.39 Å². The van der Waals surface area contributed by atoms with E-state index in [2.05, 4.69) is 10.6 Å². The Labute approximate surface area is 141 Å². The number of benzene rings is 2. The van der Waals surface area contributed by atoms with Gasteiger partial charge in [0, 0.05) is 12.1 Å². The Morgan fingerprint density at radius 2 is 1.62 bits per heavy atom. The molecule has 0 saturated carbocycles. The molecule has 2 amide bonds. The molecule has 0 aromatic heterocycles. The van der Waals surface area contributed by atoms with Crippen molar-refractivity contribution in [1.29, 1.82) is 0 Å². The van der Waals surface area contributed by atoms with Crippen LogP contribution in [0.2, 0.25) is 0 Å². The first kappa shape index (κ1) is 17.7. The number of nitrogens with one attached hydrogen (secondary N) is 2. The van der Waals surface area contributed by atoms with Crippen LogP contribution in [-0.4, -0.2) is 17.9 Å². The highest BCUT2D eigenvalue weighted by atomic mass is 19.1. The van der Waals surface area contributed by atoms with E-state index in [1.807, 2.05) is 19.9 Å². The lowest BCUT2D eigenvalue weighted by atomic mass is 10.0. The van der Waals surface area contributed by atoms with Gasteiger partial charge in [-0.1, -0.05) is 44.2 Å². The summed E-state index contributed by atoms with van der Waals surface area (Å²) in [4.78, 5) is 24.6. The average molecular weight is 328 g/mol. The SMILES string of the molecule is CC(C)[C@@H](NC(=O)c1ccccc1)C(=O)NCc1ccc(F)cc1. The van der Waals surface area contributed by atoms with Gasteiger partial charge in [-0.25, -0.2) is 4.39 Å². The highest BCUT2D eigenvalue weighted by Gasteiger charge is 2.24. The van der Waals surface area contributed by atoms with Gasteiger partial charge in [-0.05, 0) is 35.7 Å². The molecule has 1 atom stereocenters. The van der Waals surface area contributed by atoms with Crippen molar-refractivity contribution in [3.8, 4) is 0 Å². The number of amides is 2. The molecule has 0 fully saturated rings. The van der Waals surface area contributed by atoms with Gasteiger partial charge >= 0.3 is 0 Å². The number of carbonyl (C=O) groups is 2. The summed E-state index contributed by atoms with van der Waals surface area (Å²) in [5.41, 5.74) is 1.30. The molecule has 0 aliphatic heterocycles. The van der Waals surface area contributed by atoms with Gasteiger partial charge in [0.05, 0.1) is 0 Å². The monoisotopic (exact) mass is 328 g/mol. The Morgan fingerprint density at radius 1 is 1.00 bits per heavy atom. The molecule has 126 valence electrons. The predicted octanol–water partition coefficient (Wildman–Crippen LogP) is 2.90. The molecule has 2 aromatic carbocycles. The van der Waals surface area contributed by atoms with Crippen molar-refractivity contribution in [3.05, 3.63) is 71.5 Å². The van der Waals surface area contributed by atoms with Crippen molar-refractivity contribution >= 4 is 11.8 Å². The molecule has 2 rings (SSSR count). The van der Waals surface area contributed by atoms with Crippen LogP contribution in [-0.2, 0) is 11.3 Å². The molecule has 0 aliphatic rings. The standard InChI is InChI=1S/C19H21FN2O2/c1-13(2)17(22-18(23)15-6-4-3-5-7-15)19(24)21-12-14-8-10-16(20)11-9-14/h3-11,13,17H,12H2,1-2H3,(H,21,24)(H,22,23)/t17-/m1/s1. The van der Waals surface area contributed by atoms with Gasteiger partial charge in [-0.2, -0.15) is 0 Å². The van der Waals surface area contributed by atoms with Gasteiger partial charge in [0.15, 0.2) is 0 Å². The maximum Gasteiger partial charge on any atom is 0.251 e. The van der Waals surface area contributed by atoms with Crippen molar-refractivity contribution in [2.75, 3.05) is 0 Å². The minimum absolute atomic E-state index is 0.0640. The summed E-state index contributed by atoms with van der Waals surface area (Å²) >= 11 is 0. The first-order chi connectivity index (χ1) is 11.5. The zero-order valence-corrected chi connectivity index (χ0v) is 13.8. The van der Waals surface area contributed by atoms with Crippen LogP contribution in [0.3, 0.4) is 0 Å².